The minimum absolute atomic E-state index is 0.852. The van der Waals surface area contributed by atoms with Crippen LogP contribution in [0.2, 0.25) is 0 Å². The standard InChI is InChI=1S/C10H15NO/c1-8-5-4-6-9(7-11-2)10(8)12-3/h4-6,11H,7H2,1-3H3. The highest BCUT2D eigenvalue weighted by molar-refractivity contribution is 5.40. The summed E-state index contributed by atoms with van der Waals surface area (Å²) >= 11 is 0. The Morgan fingerprint density at radius 3 is 2.75 bits per heavy atom. The number of nitrogens with one attached hydrogen (secondary N) is 1. The molecule has 0 bridgehead atoms. The van der Waals surface area contributed by atoms with Gasteiger partial charge in [-0.15, -0.1) is 0 Å². The number of para-hydroxylation sites is 1. The van der Waals surface area contributed by atoms with Gasteiger partial charge in [-0.1, -0.05) is 18.2 Å². The van der Waals surface area contributed by atoms with Crippen molar-refractivity contribution in [2.45, 2.75) is 13.5 Å². The average molecular weight is 165 g/mol. The molecular weight excluding hydrogens is 150 g/mol. The number of rotatable bonds is 3. The van der Waals surface area contributed by atoms with Crippen molar-refractivity contribution in [2.75, 3.05) is 14.2 Å². The first kappa shape index (κ1) is 9.07. The molecule has 12 heavy (non-hydrogen) atoms. The summed E-state index contributed by atoms with van der Waals surface area (Å²) in [6, 6.07) is 6.17. The van der Waals surface area contributed by atoms with Gasteiger partial charge in [-0.3, -0.25) is 0 Å². The molecule has 0 radical (unpaired) electrons. The zero-order valence-electron chi connectivity index (χ0n) is 7.85. The van der Waals surface area contributed by atoms with Crippen LogP contribution in [0.15, 0.2) is 18.2 Å². The molecule has 0 atom stereocenters. The van der Waals surface area contributed by atoms with Gasteiger partial charge in [0.25, 0.3) is 0 Å². The maximum Gasteiger partial charge on any atom is 0.126 e. The number of benzene rings is 1. The minimum Gasteiger partial charge on any atom is -0.496 e. The molecule has 0 aliphatic heterocycles. The molecule has 0 spiro atoms. The predicted molar refractivity (Wildman–Crippen MR) is 50.5 cm³/mol. The third kappa shape index (κ3) is 1.77. The highest BCUT2D eigenvalue weighted by atomic mass is 16.5. The van der Waals surface area contributed by atoms with Crippen LogP contribution in [-0.4, -0.2) is 14.2 Å². The number of hydrogen-bond donors (Lipinski definition) is 1. The summed E-state index contributed by atoms with van der Waals surface area (Å²) in [4.78, 5) is 0. The number of aryl methyl sites for hydroxylation is 1. The third-order valence-corrected chi connectivity index (χ3v) is 1.86. The van der Waals surface area contributed by atoms with Gasteiger partial charge < -0.3 is 10.1 Å². The van der Waals surface area contributed by atoms with E-state index in [0.717, 1.165) is 12.3 Å². The highest BCUT2D eigenvalue weighted by Gasteiger charge is 2.03. The normalized spacial score (nSPS) is 9.92. The summed E-state index contributed by atoms with van der Waals surface area (Å²) in [5.41, 5.74) is 2.39. The van der Waals surface area contributed by atoms with Gasteiger partial charge in [-0.2, -0.15) is 0 Å². The van der Waals surface area contributed by atoms with Crippen molar-refractivity contribution in [3.63, 3.8) is 0 Å². The van der Waals surface area contributed by atoms with Gasteiger partial charge in [-0.25, -0.2) is 0 Å². The van der Waals surface area contributed by atoms with Crippen LogP contribution in [0, 0.1) is 6.92 Å². The summed E-state index contributed by atoms with van der Waals surface area (Å²) in [6.07, 6.45) is 0. The van der Waals surface area contributed by atoms with Crippen molar-refractivity contribution >= 4 is 0 Å². The van der Waals surface area contributed by atoms with Gasteiger partial charge in [-0.05, 0) is 19.5 Å². The first-order chi connectivity index (χ1) is 5.79. The van der Waals surface area contributed by atoms with Crippen molar-refractivity contribution in [2.24, 2.45) is 0 Å². The lowest BCUT2D eigenvalue weighted by atomic mass is 10.1. The summed E-state index contributed by atoms with van der Waals surface area (Å²) in [6.45, 7) is 2.91. The molecule has 0 aliphatic rings. The molecule has 1 aromatic carbocycles. The molecule has 2 heteroatoms. The lowest BCUT2D eigenvalue weighted by Gasteiger charge is -2.10. The molecule has 0 unspecified atom stereocenters. The Morgan fingerprint density at radius 1 is 1.42 bits per heavy atom. The van der Waals surface area contributed by atoms with Crippen molar-refractivity contribution < 1.29 is 4.74 Å². The molecule has 0 heterocycles. The third-order valence-electron chi connectivity index (χ3n) is 1.86. The van der Waals surface area contributed by atoms with Crippen molar-refractivity contribution in [1.29, 1.82) is 0 Å². The Kier molecular flexibility index (Phi) is 3.11. The molecule has 0 amide bonds. The van der Waals surface area contributed by atoms with Crippen LogP contribution in [0.1, 0.15) is 11.1 Å². The molecule has 0 fully saturated rings. The smallest absolute Gasteiger partial charge is 0.126 e. The zero-order valence-corrected chi connectivity index (χ0v) is 7.85. The van der Waals surface area contributed by atoms with E-state index >= 15 is 0 Å². The van der Waals surface area contributed by atoms with E-state index in [0.29, 0.717) is 0 Å². The van der Waals surface area contributed by atoms with Crippen LogP contribution >= 0.6 is 0 Å². The summed E-state index contributed by atoms with van der Waals surface area (Å²) in [5, 5.41) is 3.11. The van der Waals surface area contributed by atoms with E-state index in [1.165, 1.54) is 11.1 Å². The maximum atomic E-state index is 5.29. The Labute approximate surface area is 73.6 Å². The van der Waals surface area contributed by atoms with Crippen LogP contribution in [0.3, 0.4) is 0 Å². The summed E-state index contributed by atoms with van der Waals surface area (Å²) < 4.78 is 5.29. The van der Waals surface area contributed by atoms with Crippen LogP contribution in [0.4, 0.5) is 0 Å². The molecule has 0 aliphatic carbocycles. The fourth-order valence-electron chi connectivity index (χ4n) is 1.33. The van der Waals surface area contributed by atoms with Crippen LogP contribution < -0.4 is 10.1 Å². The molecular formula is C10H15NO. The molecule has 1 rings (SSSR count). The van der Waals surface area contributed by atoms with Crippen LogP contribution in [0.5, 0.6) is 5.75 Å². The van der Waals surface area contributed by atoms with Gasteiger partial charge >= 0.3 is 0 Å². The Bertz CT molecular complexity index is 258. The molecule has 66 valence electrons. The fraction of sp³-hybridized carbons (Fsp3) is 0.400. The maximum absolute atomic E-state index is 5.29. The summed E-state index contributed by atoms with van der Waals surface area (Å²) in [5.74, 6) is 0.992. The van der Waals surface area contributed by atoms with E-state index in [1.807, 2.05) is 13.1 Å². The largest absolute Gasteiger partial charge is 0.496 e. The second kappa shape index (κ2) is 4.12. The first-order valence-electron chi connectivity index (χ1n) is 4.06. The Hall–Kier alpha value is -1.02. The molecule has 2 nitrogen and oxygen atoms in total. The first-order valence-corrected chi connectivity index (χ1v) is 4.06. The van der Waals surface area contributed by atoms with Crippen molar-refractivity contribution in [3.8, 4) is 5.75 Å². The van der Waals surface area contributed by atoms with Crippen molar-refractivity contribution in [3.05, 3.63) is 29.3 Å². The van der Waals surface area contributed by atoms with Gasteiger partial charge in [0.15, 0.2) is 0 Å². The molecule has 1 aromatic rings. The van der Waals surface area contributed by atoms with E-state index < -0.39 is 0 Å². The lowest BCUT2D eigenvalue weighted by Crippen LogP contribution is -2.07. The SMILES string of the molecule is CNCc1cccc(C)c1OC. The van der Waals surface area contributed by atoms with Crippen molar-refractivity contribution in [1.82, 2.24) is 5.32 Å². The average Bonchev–Trinajstić information content (AvgIpc) is 2.05. The summed E-state index contributed by atoms with van der Waals surface area (Å²) in [7, 11) is 3.64. The minimum atomic E-state index is 0.852. The second-order valence-electron chi connectivity index (χ2n) is 2.80. The van der Waals surface area contributed by atoms with Gasteiger partial charge in [0, 0.05) is 12.1 Å². The Morgan fingerprint density at radius 2 is 2.17 bits per heavy atom. The topological polar surface area (TPSA) is 21.3 Å². The van der Waals surface area contributed by atoms with Crippen LogP contribution in [0.25, 0.3) is 0 Å². The van der Waals surface area contributed by atoms with E-state index in [1.54, 1.807) is 7.11 Å². The quantitative estimate of drug-likeness (QED) is 0.736. The number of methoxy groups -OCH3 is 1. The van der Waals surface area contributed by atoms with Gasteiger partial charge in [0.05, 0.1) is 7.11 Å². The molecule has 1 N–H and O–H groups in total. The van der Waals surface area contributed by atoms with E-state index in [9.17, 15) is 0 Å². The van der Waals surface area contributed by atoms with Gasteiger partial charge in [0.1, 0.15) is 5.75 Å². The fourth-order valence-corrected chi connectivity index (χ4v) is 1.33. The monoisotopic (exact) mass is 165 g/mol. The van der Waals surface area contributed by atoms with E-state index in [-0.39, 0.29) is 0 Å². The second-order valence-corrected chi connectivity index (χ2v) is 2.80. The molecule has 0 aromatic heterocycles. The van der Waals surface area contributed by atoms with E-state index in [2.05, 4.69) is 24.4 Å². The molecule has 0 saturated carbocycles. The zero-order chi connectivity index (χ0) is 8.97. The van der Waals surface area contributed by atoms with Crippen LogP contribution in [-0.2, 0) is 6.54 Å². The Balaban J connectivity index is 3.00. The number of ether oxygens (including phenoxy) is 1. The van der Waals surface area contributed by atoms with Gasteiger partial charge in [0.2, 0.25) is 0 Å². The predicted octanol–water partition coefficient (Wildman–Crippen LogP) is 1.72. The number of hydrogen-bond acceptors (Lipinski definition) is 2. The molecule has 0 saturated heterocycles. The lowest BCUT2D eigenvalue weighted by molar-refractivity contribution is 0.405. The highest BCUT2D eigenvalue weighted by Crippen LogP contribution is 2.22. The van der Waals surface area contributed by atoms with E-state index in [4.69, 9.17) is 4.74 Å².